The lowest BCUT2D eigenvalue weighted by Crippen LogP contribution is -2.72. The summed E-state index contributed by atoms with van der Waals surface area (Å²) >= 11 is 12.2. The van der Waals surface area contributed by atoms with Gasteiger partial charge in [-0.05, 0) is 24.1 Å². The minimum Gasteiger partial charge on any atom is -0.330 e. The van der Waals surface area contributed by atoms with Gasteiger partial charge in [-0.25, -0.2) is 9.59 Å². The van der Waals surface area contributed by atoms with E-state index in [-0.39, 0.29) is 0 Å². The van der Waals surface area contributed by atoms with Gasteiger partial charge in [0.1, 0.15) is 12.1 Å². The Hall–Kier alpha value is -1.99. The maximum Gasteiger partial charge on any atom is 0.325 e. The summed E-state index contributed by atoms with van der Waals surface area (Å²) in [7, 11) is 0. The molecule has 0 saturated carbocycles. The Kier molecular flexibility index (Phi) is 5.06. The molecule has 134 valence electrons. The van der Waals surface area contributed by atoms with Gasteiger partial charge in [0.15, 0.2) is 0 Å². The van der Waals surface area contributed by atoms with Crippen molar-refractivity contribution in [3.63, 3.8) is 0 Å². The van der Waals surface area contributed by atoms with Crippen LogP contribution < -0.4 is 16.0 Å². The van der Waals surface area contributed by atoms with E-state index in [1.165, 1.54) is 4.90 Å². The molecule has 1 aromatic carbocycles. The molecule has 3 N–H and O–H groups in total. The van der Waals surface area contributed by atoms with E-state index in [4.69, 9.17) is 23.2 Å². The number of carbonyl (C=O) groups excluding carboxylic acids is 3. The molecule has 0 spiro atoms. The van der Waals surface area contributed by atoms with Crippen LogP contribution in [0.25, 0.3) is 0 Å². The summed E-state index contributed by atoms with van der Waals surface area (Å²) < 4.78 is 0. The van der Waals surface area contributed by atoms with E-state index in [9.17, 15) is 14.4 Å². The Morgan fingerprint density at radius 3 is 2.60 bits per heavy atom. The van der Waals surface area contributed by atoms with E-state index < -0.39 is 36.1 Å². The molecule has 5 amide bonds. The Bertz CT molecular complexity index is 727. The number of fused-ring (bicyclic) bond motifs is 1. The fourth-order valence-electron chi connectivity index (χ4n) is 3.23. The van der Waals surface area contributed by atoms with E-state index in [1.807, 2.05) is 6.92 Å². The summed E-state index contributed by atoms with van der Waals surface area (Å²) in [5, 5.41) is 8.61. The number of hydrogen-bond acceptors (Lipinski definition) is 3. The average molecular weight is 385 g/mol. The maximum atomic E-state index is 12.5. The summed E-state index contributed by atoms with van der Waals surface area (Å²) in [6.07, 6.45) is 0.923. The van der Waals surface area contributed by atoms with Crippen molar-refractivity contribution in [3.05, 3.63) is 33.8 Å². The van der Waals surface area contributed by atoms with Gasteiger partial charge in [-0.3, -0.25) is 10.1 Å². The molecule has 2 fully saturated rings. The van der Waals surface area contributed by atoms with E-state index in [0.717, 1.165) is 12.8 Å². The second-order valence-corrected chi connectivity index (χ2v) is 6.92. The molecule has 2 heterocycles. The Balaban J connectivity index is 1.98. The van der Waals surface area contributed by atoms with E-state index in [1.54, 1.807) is 18.2 Å². The fraction of sp³-hybridized carbons (Fsp3) is 0.438. The van der Waals surface area contributed by atoms with Crippen LogP contribution in [0.5, 0.6) is 0 Å². The first-order valence-electron chi connectivity index (χ1n) is 8.05. The molecule has 3 rings (SSSR count). The summed E-state index contributed by atoms with van der Waals surface area (Å²) in [6.45, 7) is 2.44. The van der Waals surface area contributed by atoms with Crippen molar-refractivity contribution in [1.82, 2.24) is 20.9 Å². The fourth-order valence-corrected chi connectivity index (χ4v) is 3.75. The van der Waals surface area contributed by atoms with Crippen LogP contribution in [0.2, 0.25) is 10.0 Å². The van der Waals surface area contributed by atoms with Crippen LogP contribution in [-0.2, 0) is 4.79 Å². The number of carbonyl (C=O) groups is 3. The number of amides is 5. The van der Waals surface area contributed by atoms with Gasteiger partial charge in [-0.1, -0.05) is 42.6 Å². The first kappa shape index (κ1) is 17.8. The number of rotatable bonds is 4. The van der Waals surface area contributed by atoms with Crippen LogP contribution in [0.1, 0.15) is 31.4 Å². The van der Waals surface area contributed by atoms with Gasteiger partial charge in [-0.15, -0.1) is 0 Å². The highest BCUT2D eigenvalue weighted by molar-refractivity contribution is 6.35. The average Bonchev–Trinajstić information content (AvgIpc) is 2.53. The van der Waals surface area contributed by atoms with E-state index in [2.05, 4.69) is 16.0 Å². The van der Waals surface area contributed by atoms with E-state index >= 15 is 0 Å². The predicted molar refractivity (Wildman–Crippen MR) is 93.3 cm³/mol. The van der Waals surface area contributed by atoms with Gasteiger partial charge in [-0.2, -0.15) is 0 Å². The van der Waals surface area contributed by atoms with Gasteiger partial charge in [0.25, 0.3) is 0 Å². The number of nitrogens with zero attached hydrogens (tertiary/aromatic N) is 1. The molecule has 0 aliphatic carbocycles. The molecular weight excluding hydrogens is 367 g/mol. The molecular formula is C16H18Cl2N4O3. The van der Waals surface area contributed by atoms with E-state index in [0.29, 0.717) is 22.2 Å². The third kappa shape index (κ3) is 3.39. The molecule has 2 aliphatic heterocycles. The lowest BCUT2D eigenvalue weighted by atomic mass is 9.86. The third-order valence-corrected chi connectivity index (χ3v) is 5.01. The topological polar surface area (TPSA) is 90.5 Å². The molecule has 2 saturated heterocycles. The first-order chi connectivity index (χ1) is 11.9. The van der Waals surface area contributed by atoms with Crippen molar-refractivity contribution < 1.29 is 14.4 Å². The second kappa shape index (κ2) is 7.09. The standard InChI is InChI=1S/C16H18Cl2N4O3/c1-2-3-6-22-13-11(14(23)21-16(22)25)12(19-15(24)20-13)9-5-4-8(17)7-10(9)18/h4-5,7,11-13H,2-3,6H2,1H3,(H2,19,20,24)(H,21,23,25). The van der Waals surface area contributed by atoms with Gasteiger partial charge in [0.05, 0.1) is 6.04 Å². The lowest BCUT2D eigenvalue weighted by molar-refractivity contribution is -0.130. The molecule has 9 heteroatoms. The molecule has 7 nitrogen and oxygen atoms in total. The quantitative estimate of drug-likeness (QED) is 0.744. The van der Waals surface area contributed by atoms with Crippen LogP contribution in [0.3, 0.4) is 0 Å². The summed E-state index contributed by atoms with van der Waals surface area (Å²) in [5.41, 5.74) is 0.579. The monoisotopic (exact) mass is 384 g/mol. The lowest BCUT2D eigenvalue weighted by Gasteiger charge is -2.46. The van der Waals surface area contributed by atoms with Crippen LogP contribution in [-0.4, -0.2) is 35.6 Å². The molecule has 3 unspecified atom stereocenters. The molecule has 0 bridgehead atoms. The normalized spacial score (nSPS) is 25.8. The highest BCUT2D eigenvalue weighted by Crippen LogP contribution is 2.36. The van der Waals surface area contributed by atoms with Crippen LogP contribution in [0.15, 0.2) is 18.2 Å². The highest BCUT2D eigenvalue weighted by Gasteiger charge is 2.50. The molecule has 25 heavy (non-hydrogen) atoms. The number of halogens is 2. The molecule has 2 aliphatic rings. The Morgan fingerprint density at radius 2 is 1.92 bits per heavy atom. The minimum atomic E-state index is -0.724. The SMILES string of the molecule is CCCCN1C(=O)NC(=O)C2C(c3ccc(Cl)cc3Cl)NC(=O)NC21. The number of imide groups is 1. The second-order valence-electron chi connectivity index (χ2n) is 6.07. The highest BCUT2D eigenvalue weighted by atomic mass is 35.5. The summed E-state index contributed by atoms with van der Waals surface area (Å²) in [6, 6.07) is 3.26. The number of hydrogen-bond donors (Lipinski definition) is 3. The largest absolute Gasteiger partial charge is 0.330 e. The zero-order chi connectivity index (χ0) is 18.1. The van der Waals surface area contributed by atoms with Crippen LogP contribution in [0, 0.1) is 5.92 Å². The molecule has 3 atom stereocenters. The number of nitrogens with one attached hydrogen (secondary N) is 3. The number of urea groups is 2. The van der Waals surface area contributed by atoms with Crippen molar-refractivity contribution in [2.45, 2.75) is 32.0 Å². The zero-order valence-corrected chi connectivity index (χ0v) is 15.0. The first-order valence-corrected chi connectivity index (χ1v) is 8.81. The van der Waals surface area contributed by atoms with Crippen molar-refractivity contribution in [1.29, 1.82) is 0 Å². The zero-order valence-electron chi connectivity index (χ0n) is 13.5. The van der Waals surface area contributed by atoms with Gasteiger partial charge in [0, 0.05) is 16.6 Å². The van der Waals surface area contributed by atoms with Crippen LogP contribution >= 0.6 is 23.2 Å². The van der Waals surface area contributed by atoms with Gasteiger partial charge < -0.3 is 15.5 Å². The van der Waals surface area contributed by atoms with Gasteiger partial charge in [0.2, 0.25) is 5.91 Å². The molecule has 0 radical (unpaired) electrons. The summed E-state index contributed by atoms with van der Waals surface area (Å²) in [4.78, 5) is 38.4. The van der Waals surface area contributed by atoms with Crippen LogP contribution in [0.4, 0.5) is 9.59 Å². The molecule has 0 aromatic heterocycles. The number of benzene rings is 1. The Morgan fingerprint density at radius 1 is 1.16 bits per heavy atom. The predicted octanol–water partition coefficient (Wildman–Crippen LogP) is 2.64. The smallest absolute Gasteiger partial charge is 0.325 e. The number of unbranched alkanes of at least 4 members (excludes halogenated alkanes) is 1. The van der Waals surface area contributed by atoms with Crippen molar-refractivity contribution in [2.75, 3.05) is 6.54 Å². The summed E-state index contributed by atoms with van der Waals surface area (Å²) in [5.74, 6) is -1.16. The Labute approximate surface area is 155 Å². The van der Waals surface area contributed by atoms with Crippen molar-refractivity contribution >= 4 is 41.2 Å². The van der Waals surface area contributed by atoms with Crippen molar-refractivity contribution in [3.8, 4) is 0 Å². The third-order valence-electron chi connectivity index (χ3n) is 4.44. The molecule has 1 aromatic rings. The minimum absolute atomic E-state index is 0.350. The maximum absolute atomic E-state index is 12.5. The van der Waals surface area contributed by atoms with Crippen molar-refractivity contribution in [2.24, 2.45) is 5.92 Å². The van der Waals surface area contributed by atoms with Gasteiger partial charge >= 0.3 is 12.1 Å².